The first kappa shape index (κ1) is 22.8. The fraction of sp³-hybridized carbons (Fsp3) is 0.350. The van der Waals surface area contributed by atoms with E-state index in [4.69, 9.17) is 0 Å². The molecule has 0 bridgehead atoms. The van der Waals surface area contributed by atoms with Crippen LogP contribution >= 0.6 is 0 Å². The van der Waals surface area contributed by atoms with Gasteiger partial charge in [-0.3, -0.25) is 4.79 Å². The fourth-order valence-electron chi connectivity index (χ4n) is 2.79. The van der Waals surface area contributed by atoms with Crippen molar-refractivity contribution < 1.29 is 28.0 Å². The Bertz CT molecular complexity index is 840. The largest absolute Gasteiger partial charge is 0.475 e. The van der Waals surface area contributed by atoms with Gasteiger partial charge in [-0.2, -0.15) is 13.2 Å². The minimum atomic E-state index is -4.58. The maximum absolute atomic E-state index is 13.2. The number of aryl methyl sites for hydroxylation is 1. The molecule has 0 radical (unpaired) electrons. The molecule has 29 heavy (non-hydrogen) atoms. The molecule has 0 aromatic heterocycles. The first-order chi connectivity index (χ1) is 13.4. The molecule has 0 spiro atoms. The monoisotopic (exact) mass is 408 g/mol. The van der Waals surface area contributed by atoms with Crippen molar-refractivity contribution in [2.24, 2.45) is 0 Å². The smallest absolute Gasteiger partial charge is 0.426 e. The summed E-state index contributed by atoms with van der Waals surface area (Å²) < 4.78 is 39.6. The van der Waals surface area contributed by atoms with E-state index in [0.717, 1.165) is 17.2 Å². The highest BCUT2D eigenvalue weighted by Gasteiger charge is 2.37. The van der Waals surface area contributed by atoms with Crippen LogP contribution in [0.15, 0.2) is 48.5 Å². The molecule has 4 N–H and O–H groups in total. The molecule has 2 rings (SSSR count). The van der Waals surface area contributed by atoms with Gasteiger partial charge in [0.15, 0.2) is 0 Å². The van der Waals surface area contributed by atoms with Gasteiger partial charge in [-0.15, -0.1) is 0 Å². The molecular weight excluding hydrogens is 384 g/mol. The normalized spacial score (nSPS) is 13.0. The zero-order chi connectivity index (χ0) is 21.8. The molecule has 1 atom stereocenters. The number of hydrogen-bond donors (Lipinski definition) is 4. The Morgan fingerprint density at radius 3 is 2.21 bits per heavy atom. The second kappa shape index (κ2) is 8.88. The van der Waals surface area contributed by atoms with E-state index < -0.39 is 36.2 Å². The van der Waals surface area contributed by atoms with E-state index in [1.54, 1.807) is 12.1 Å². The summed E-state index contributed by atoms with van der Waals surface area (Å²) in [7, 11) is -1.83. The van der Waals surface area contributed by atoms with Crippen molar-refractivity contribution in [3.63, 3.8) is 0 Å². The van der Waals surface area contributed by atoms with Gasteiger partial charge in [-0.05, 0) is 44.9 Å². The molecule has 0 saturated heterocycles. The summed E-state index contributed by atoms with van der Waals surface area (Å²) in [6.45, 7) is 4.75. The lowest BCUT2D eigenvalue weighted by Gasteiger charge is -2.30. The summed E-state index contributed by atoms with van der Waals surface area (Å²) >= 11 is 0. The molecule has 0 saturated carbocycles. The molecule has 156 valence electrons. The standard InChI is InChI=1S/C20H24BF3N2O3/c1-13-8-10-14(11-9-13)12-17(21(28)29)25-18(27)19(2,3)26-16-7-5-4-6-15(16)20(22,23)24/h4-11,17,26,28-29H,12H2,1-3H3,(H,25,27)/t17-/m0/s1. The number of anilines is 1. The number of hydrogen-bond acceptors (Lipinski definition) is 4. The number of benzene rings is 2. The van der Waals surface area contributed by atoms with Crippen LogP contribution in [0.4, 0.5) is 18.9 Å². The average Bonchev–Trinajstić information content (AvgIpc) is 2.62. The van der Waals surface area contributed by atoms with Gasteiger partial charge < -0.3 is 20.7 Å². The van der Waals surface area contributed by atoms with E-state index in [0.29, 0.717) is 0 Å². The molecule has 9 heteroatoms. The molecule has 0 heterocycles. The highest BCUT2D eigenvalue weighted by atomic mass is 19.4. The number of halogens is 3. The fourth-order valence-corrected chi connectivity index (χ4v) is 2.79. The van der Waals surface area contributed by atoms with Crippen LogP contribution in [0, 0.1) is 6.92 Å². The average molecular weight is 408 g/mol. The second-order valence-electron chi connectivity index (χ2n) is 7.48. The van der Waals surface area contributed by atoms with Crippen molar-refractivity contribution in [1.29, 1.82) is 0 Å². The molecule has 0 aliphatic rings. The number of amides is 1. The van der Waals surface area contributed by atoms with Crippen molar-refractivity contribution in [2.75, 3.05) is 5.32 Å². The summed E-state index contributed by atoms with van der Waals surface area (Å²) in [5.74, 6) is -1.69. The Kier molecular flexibility index (Phi) is 6.97. The summed E-state index contributed by atoms with van der Waals surface area (Å²) in [5, 5.41) is 24.4. The summed E-state index contributed by atoms with van der Waals surface area (Å²) in [6.07, 6.45) is -4.43. The topological polar surface area (TPSA) is 81.6 Å². The highest BCUT2D eigenvalue weighted by Crippen LogP contribution is 2.35. The molecule has 0 aliphatic carbocycles. The lowest BCUT2D eigenvalue weighted by Crippen LogP contribution is -2.56. The third-order valence-electron chi connectivity index (χ3n) is 4.50. The number of rotatable bonds is 7. The van der Waals surface area contributed by atoms with Crippen molar-refractivity contribution >= 4 is 18.7 Å². The van der Waals surface area contributed by atoms with Crippen molar-refractivity contribution in [1.82, 2.24) is 5.32 Å². The summed E-state index contributed by atoms with van der Waals surface area (Å²) in [5.41, 5.74) is -0.754. The van der Waals surface area contributed by atoms with Crippen LogP contribution in [0.2, 0.25) is 0 Å². The molecular formula is C20H24BF3N2O3. The summed E-state index contributed by atoms with van der Waals surface area (Å²) in [6, 6.07) is 12.2. The predicted octanol–water partition coefficient (Wildman–Crippen LogP) is 2.94. The minimum absolute atomic E-state index is 0.152. The Morgan fingerprint density at radius 2 is 1.66 bits per heavy atom. The van der Waals surface area contributed by atoms with Crippen LogP contribution in [0.25, 0.3) is 0 Å². The zero-order valence-corrected chi connectivity index (χ0v) is 16.4. The molecule has 1 amide bonds. The first-order valence-electron chi connectivity index (χ1n) is 9.07. The number of alkyl halides is 3. The number of para-hydroxylation sites is 1. The van der Waals surface area contributed by atoms with Gasteiger partial charge in [0.05, 0.1) is 11.5 Å². The maximum atomic E-state index is 13.2. The van der Waals surface area contributed by atoms with Crippen LogP contribution in [-0.4, -0.2) is 34.6 Å². The number of nitrogens with one attached hydrogen (secondary N) is 2. The maximum Gasteiger partial charge on any atom is 0.475 e. The molecule has 0 unspecified atom stereocenters. The van der Waals surface area contributed by atoms with Gasteiger partial charge in [0.2, 0.25) is 5.91 Å². The molecule has 2 aromatic rings. The van der Waals surface area contributed by atoms with Gasteiger partial charge in [0.1, 0.15) is 5.54 Å². The van der Waals surface area contributed by atoms with E-state index in [1.165, 1.54) is 32.0 Å². The van der Waals surface area contributed by atoms with Crippen LogP contribution < -0.4 is 10.6 Å². The Balaban J connectivity index is 2.15. The quantitative estimate of drug-likeness (QED) is 0.531. The number of carbonyl (C=O) groups is 1. The van der Waals surface area contributed by atoms with E-state index in [-0.39, 0.29) is 12.1 Å². The van der Waals surface area contributed by atoms with E-state index in [9.17, 15) is 28.0 Å². The van der Waals surface area contributed by atoms with Gasteiger partial charge in [-0.1, -0.05) is 42.0 Å². The van der Waals surface area contributed by atoms with Gasteiger partial charge >= 0.3 is 13.3 Å². The summed E-state index contributed by atoms with van der Waals surface area (Å²) in [4.78, 5) is 12.7. The van der Waals surface area contributed by atoms with E-state index in [2.05, 4.69) is 10.6 Å². The molecule has 2 aromatic carbocycles. The lowest BCUT2D eigenvalue weighted by molar-refractivity contribution is -0.137. The SMILES string of the molecule is Cc1ccc(C[C@H](NC(=O)C(C)(C)Nc2ccccc2C(F)(F)F)B(O)O)cc1. The minimum Gasteiger partial charge on any atom is -0.426 e. The second-order valence-corrected chi connectivity index (χ2v) is 7.48. The number of carbonyl (C=O) groups excluding carboxylic acids is 1. The van der Waals surface area contributed by atoms with Gasteiger partial charge in [0.25, 0.3) is 0 Å². The van der Waals surface area contributed by atoms with Crippen LogP contribution in [0.3, 0.4) is 0 Å². The van der Waals surface area contributed by atoms with Crippen molar-refractivity contribution in [2.45, 2.75) is 44.8 Å². The van der Waals surface area contributed by atoms with Crippen LogP contribution in [-0.2, 0) is 17.4 Å². The zero-order valence-electron chi connectivity index (χ0n) is 16.4. The molecule has 0 fully saturated rings. The van der Waals surface area contributed by atoms with Gasteiger partial charge in [-0.25, -0.2) is 0 Å². The van der Waals surface area contributed by atoms with Gasteiger partial charge in [0, 0.05) is 5.69 Å². The third kappa shape index (κ3) is 6.23. The molecule has 0 aliphatic heterocycles. The lowest BCUT2D eigenvalue weighted by atomic mass is 9.75. The Morgan fingerprint density at radius 1 is 1.07 bits per heavy atom. The predicted molar refractivity (Wildman–Crippen MR) is 106 cm³/mol. The van der Waals surface area contributed by atoms with E-state index >= 15 is 0 Å². The highest BCUT2D eigenvalue weighted by molar-refractivity contribution is 6.43. The van der Waals surface area contributed by atoms with Crippen LogP contribution in [0.1, 0.15) is 30.5 Å². The van der Waals surface area contributed by atoms with Crippen molar-refractivity contribution in [3.05, 3.63) is 65.2 Å². The van der Waals surface area contributed by atoms with E-state index in [1.807, 2.05) is 19.1 Å². The van der Waals surface area contributed by atoms with Crippen LogP contribution in [0.5, 0.6) is 0 Å². The van der Waals surface area contributed by atoms with Crippen molar-refractivity contribution in [3.8, 4) is 0 Å². The Hall–Kier alpha value is -2.52. The Labute approximate surface area is 168 Å². The molecule has 5 nitrogen and oxygen atoms in total. The third-order valence-corrected chi connectivity index (χ3v) is 4.50. The first-order valence-corrected chi connectivity index (χ1v) is 9.07.